The summed E-state index contributed by atoms with van der Waals surface area (Å²) in [6.45, 7) is 1.92. The lowest BCUT2D eigenvalue weighted by Crippen LogP contribution is -2.36. The lowest BCUT2D eigenvalue weighted by Gasteiger charge is -2.18. The summed E-state index contributed by atoms with van der Waals surface area (Å²) in [6.07, 6.45) is 4.57. The van der Waals surface area contributed by atoms with Gasteiger partial charge in [0.1, 0.15) is 12.2 Å². The first kappa shape index (κ1) is 24.5. The van der Waals surface area contributed by atoms with Gasteiger partial charge in [0, 0.05) is 23.5 Å². The van der Waals surface area contributed by atoms with Gasteiger partial charge in [0.25, 0.3) is 5.91 Å². The number of hydrogen-bond acceptors (Lipinski definition) is 4. The van der Waals surface area contributed by atoms with Crippen molar-refractivity contribution in [1.82, 2.24) is 14.9 Å². The number of halogens is 2. The van der Waals surface area contributed by atoms with Crippen LogP contribution in [0.3, 0.4) is 0 Å². The minimum Gasteiger partial charge on any atom is -0.480 e. The van der Waals surface area contributed by atoms with Crippen LogP contribution in [0.15, 0.2) is 48.0 Å². The molecule has 0 atom stereocenters. The second-order valence-corrected chi connectivity index (χ2v) is 9.23. The molecule has 0 saturated heterocycles. The van der Waals surface area contributed by atoms with Gasteiger partial charge in [0.05, 0.1) is 10.5 Å². The summed E-state index contributed by atoms with van der Waals surface area (Å²) >= 11 is 1.40. The highest BCUT2D eigenvalue weighted by atomic mass is 32.1. The number of thiazole rings is 1. The summed E-state index contributed by atoms with van der Waals surface area (Å²) in [6, 6.07) is 10.7. The average molecular weight is 498 g/mol. The number of benzene rings is 2. The summed E-state index contributed by atoms with van der Waals surface area (Å²) in [7, 11) is 0. The molecule has 4 rings (SSSR count). The summed E-state index contributed by atoms with van der Waals surface area (Å²) < 4.78 is 28.0. The van der Waals surface area contributed by atoms with Crippen LogP contribution in [0.25, 0.3) is 22.0 Å². The highest BCUT2D eigenvalue weighted by Gasteiger charge is 2.20. The third kappa shape index (κ3) is 5.57. The molecule has 0 saturated carbocycles. The Morgan fingerprint density at radius 3 is 2.63 bits per heavy atom. The van der Waals surface area contributed by atoms with Crippen molar-refractivity contribution in [1.29, 1.82) is 0 Å². The number of aromatic nitrogens is 2. The maximum atomic E-state index is 14.0. The molecular weight excluding hydrogens is 472 g/mol. The van der Waals surface area contributed by atoms with Crippen molar-refractivity contribution in [3.05, 3.63) is 75.9 Å². The van der Waals surface area contributed by atoms with Gasteiger partial charge in [-0.15, -0.1) is 11.3 Å². The van der Waals surface area contributed by atoms with Crippen LogP contribution >= 0.6 is 11.3 Å². The highest BCUT2D eigenvalue weighted by Crippen LogP contribution is 2.31. The number of aromatic amines is 1. The Kier molecular flexibility index (Phi) is 7.55. The highest BCUT2D eigenvalue weighted by molar-refractivity contribution is 7.09. The fourth-order valence-corrected chi connectivity index (χ4v) is 4.88. The zero-order valence-corrected chi connectivity index (χ0v) is 20.0. The Labute approximate surface area is 205 Å². The van der Waals surface area contributed by atoms with E-state index < -0.39 is 17.6 Å². The van der Waals surface area contributed by atoms with Crippen LogP contribution in [-0.4, -0.2) is 44.9 Å². The number of rotatable bonds is 10. The van der Waals surface area contributed by atoms with Gasteiger partial charge in [0.15, 0.2) is 11.6 Å². The number of aryl methyl sites for hydroxylation is 2. The van der Waals surface area contributed by atoms with Crippen LogP contribution in [-0.2, 0) is 17.6 Å². The number of fused-ring (bicyclic) bond motifs is 1. The van der Waals surface area contributed by atoms with E-state index in [1.54, 1.807) is 17.6 Å². The zero-order chi connectivity index (χ0) is 24.9. The molecular formula is C26H25F2N3O3S. The zero-order valence-electron chi connectivity index (χ0n) is 19.2. The number of amides is 1. The fraction of sp³-hybridized carbons (Fsp3) is 0.269. The lowest BCUT2D eigenvalue weighted by molar-refractivity contribution is -0.137. The average Bonchev–Trinajstić information content (AvgIpc) is 3.51. The topological polar surface area (TPSA) is 86.3 Å². The Morgan fingerprint density at radius 1 is 1.14 bits per heavy atom. The van der Waals surface area contributed by atoms with Crippen molar-refractivity contribution in [2.24, 2.45) is 0 Å². The van der Waals surface area contributed by atoms with Crippen molar-refractivity contribution < 1.29 is 23.5 Å². The third-order valence-electron chi connectivity index (χ3n) is 5.74. The Morgan fingerprint density at radius 2 is 1.91 bits per heavy atom. The van der Waals surface area contributed by atoms with E-state index in [1.807, 2.05) is 31.2 Å². The van der Waals surface area contributed by atoms with Gasteiger partial charge in [-0.25, -0.2) is 13.8 Å². The van der Waals surface area contributed by atoms with Gasteiger partial charge in [-0.05, 0) is 54.5 Å². The monoisotopic (exact) mass is 497 g/mol. The number of nitrogens with zero attached hydrogens (tertiary/aromatic N) is 2. The van der Waals surface area contributed by atoms with Gasteiger partial charge < -0.3 is 15.0 Å². The van der Waals surface area contributed by atoms with Gasteiger partial charge in [-0.2, -0.15) is 0 Å². The Hall–Kier alpha value is -3.59. The molecule has 2 aromatic carbocycles. The second kappa shape index (κ2) is 10.8. The van der Waals surface area contributed by atoms with Crippen molar-refractivity contribution >= 4 is 34.1 Å². The van der Waals surface area contributed by atoms with E-state index in [0.29, 0.717) is 30.3 Å². The minimum absolute atomic E-state index is 0.158. The van der Waals surface area contributed by atoms with Crippen LogP contribution < -0.4 is 0 Å². The minimum atomic E-state index is -1.05. The predicted octanol–water partition coefficient (Wildman–Crippen LogP) is 5.68. The number of carbonyl (C=O) groups excluding carboxylic acids is 1. The number of nitrogens with one attached hydrogen (secondary N) is 1. The molecule has 2 heterocycles. The molecule has 0 aliphatic rings. The van der Waals surface area contributed by atoms with Crippen LogP contribution in [0.2, 0.25) is 0 Å². The normalized spacial score (nSPS) is 11.2. The van der Waals surface area contributed by atoms with Crippen molar-refractivity contribution in [3.8, 4) is 11.1 Å². The van der Waals surface area contributed by atoms with Crippen LogP contribution in [0.4, 0.5) is 8.78 Å². The van der Waals surface area contributed by atoms with E-state index in [1.165, 1.54) is 22.3 Å². The molecule has 182 valence electrons. The molecule has 35 heavy (non-hydrogen) atoms. The largest absolute Gasteiger partial charge is 0.480 e. The molecule has 0 bridgehead atoms. The first-order valence-corrected chi connectivity index (χ1v) is 12.2. The number of carbonyl (C=O) groups is 2. The van der Waals surface area contributed by atoms with Crippen LogP contribution in [0.5, 0.6) is 0 Å². The molecule has 2 aromatic heterocycles. The van der Waals surface area contributed by atoms with Gasteiger partial charge in [0.2, 0.25) is 0 Å². The standard InChI is InChI=1S/C26H25F2N3O3S/c1-2-12-31(14-23(32)33)26(34)21-15-35-22(30-21)5-3-4-16-6-8-17(9-7-16)19-13-20(27)24(28)25-18(19)10-11-29-25/h6-11,13,15,29H,2-5,12,14H2,1H3,(H,32,33). The predicted molar refractivity (Wildman–Crippen MR) is 132 cm³/mol. The quantitative estimate of drug-likeness (QED) is 0.295. The number of hydrogen-bond donors (Lipinski definition) is 2. The lowest BCUT2D eigenvalue weighted by atomic mass is 9.98. The van der Waals surface area contributed by atoms with Crippen molar-refractivity contribution in [2.45, 2.75) is 32.6 Å². The van der Waals surface area contributed by atoms with Gasteiger partial charge in [-0.3, -0.25) is 9.59 Å². The van der Waals surface area contributed by atoms with Crippen LogP contribution in [0.1, 0.15) is 40.8 Å². The molecule has 0 unspecified atom stereocenters. The van der Waals surface area contributed by atoms with Crippen molar-refractivity contribution in [2.75, 3.05) is 13.1 Å². The molecule has 9 heteroatoms. The molecule has 2 N–H and O–H groups in total. The molecule has 6 nitrogen and oxygen atoms in total. The molecule has 0 fully saturated rings. The van der Waals surface area contributed by atoms with Gasteiger partial charge in [-0.1, -0.05) is 31.2 Å². The number of aliphatic carboxylic acids is 1. The molecule has 0 aliphatic heterocycles. The molecule has 0 aliphatic carbocycles. The fourth-order valence-electron chi connectivity index (χ4n) is 4.07. The summed E-state index contributed by atoms with van der Waals surface area (Å²) in [5.41, 5.74) is 2.98. The molecule has 1 amide bonds. The number of H-pyrrole nitrogens is 1. The van der Waals surface area contributed by atoms with Gasteiger partial charge >= 0.3 is 5.97 Å². The van der Waals surface area contributed by atoms with E-state index in [-0.39, 0.29) is 23.7 Å². The van der Waals surface area contributed by atoms with E-state index in [0.717, 1.165) is 29.0 Å². The maximum absolute atomic E-state index is 14.0. The van der Waals surface area contributed by atoms with E-state index in [9.17, 15) is 18.4 Å². The van der Waals surface area contributed by atoms with Crippen molar-refractivity contribution in [3.63, 3.8) is 0 Å². The number of carboxylic acids is 1. The summed E-state index contributed by atoms with van der Waals surface area (Å²) in [5.74, 6) is -3.17. The third-order valence-corrected chi connectivity index (χ3v) is 6.64. The Bertz CT molecular complexity index is 1350. The number of carboxylic acid groups (broad SMARTS) is 1. The summed E-state index contributed by atoms with van der Waals surface area (Å²) in [5, 5.41) is 12.2. The first-order valence-electron chi connectivity index (χ1n) is 11.4. The second-order valence-electron chi connectivity index (χ2n) is 8.28. The van der Waals surface area contributed by atoms with E-state index >= 15 is 0 Å². The first-order chi connectivity index (χ1) is 16.9. The molecule has 0 spiro atoms. The summed E-state index contributed by atoms with van der Waals surface area (Å²) in [4.78, 5) is 32.1. The maximum Gasteiger partial charge on any atom is 0.323 e. The van der Waals surface area contributed by atoms with E-state index in [4.69, 9.17) is 5.11 Å². The van der Waals surface area contributed by atoms with Crippen LogP contribution in [0, 0.1) is 11.6 Å². The molecule has 0 radical (unpaired) electrons. The Balaban J connectivity index is 1.37. The molecule has 4 aromatic rings. The SMILES string of the molecule is CCCN(CC(=O)O)C(=O)c1csc(CCCc2ccc(-c3cc(F)c(F)c4[nH]ccc34)cc2)n1. The smallest absolute Gasteiger partial charge is 0.323 e. The van der Waals surface area contributed by atoms with E-state index in [2.05, 4.69) is 9.97 Å².